The number of carbonyl (C=O) groups is 2. The third-order valence-corrected chi connectivity index (χ3v) is 3.43. The number of pyridine rings is 1. The van der Waals surface area contributed by atoms with Gasteiger partial charge in [-0.2, -0.15) is 0 Å². The quantitative estimate of drug-likeness (QED) is 0.842. The van der Waals surface area contributed by atoms with Crippen LogP contribution in [0.4, 0.5) is 5.69 Å². The molecule has 0 unspecified atom stereocenters. The lowest BCUT2D eigenvalue weighted by molar-refractivity contribution is -0.136. The molecule has 0 fully saturated rings. The molecule has 0 spiro atoms. The van der Waals surface area contributed by atoms with Gasteiger partial charge in [-0.25, -0.2) is 0 Å². The van der Waals surface area contributed by atoms with E-state index in [1.165, 1.54) is 6.20 Å². The summed E-state index contributed by atoms with van der Waals surface area (Å²) in [4.78, 5) is 27.2. The van der Waals surface area contributed by atoms with Crippen LogP contribution < -0.4 is 5.32 Å². The SMILES string of the molecule is CCCc1nnsc1C(=O)Nc1ccc(CC(=O)O)nc1. The predicted octanol–water partition coefficient (Wildman–Crippen LogP) is 1.77. The van der Waals surface area contributed by atoms with Crippen molar-refractivity contribution < 1.29 is 14.7 Å². The smallest absolute Gasteiger partial charge is 0.309 e. The number of carbonyl (C=O) groups excluding carboxylic acids is 1. The molecule has 0 aromatic carbocycles. The summed E-state index contributed by atoms with van der Waals surface area (Å²) in [5, 5.41) is 15.3. The summed E-state index contributed by atoms with van der Waals surface area (Å²) in [6, 6.07) is 3.19. The normalized spacial score (nSPS) is 10.3. The van der Waals surface area contributed by atoms with E-state index in [1.54, 1.807) is 12.1 Å². The first-order valence-electron chi connectivity index (χ1n) is 6.39. The van der Waals surface area contributed by atoms with Crippen LogP contribution in [-0.2, 0) is 17.6 Å². The van der Waals surface area contributed by atoms with Gasteiger partial charge in [0.15, 0.2) is 0 Å². The van der Waals surface area contributed by atoms with E-state index in [4.69, 9.17) is 5.11 Å². The number of nitrogens with zero attached hydrogens (tertiary/aromatic N) is 3. The standard InChI is InChI=1S/C13H14N4O3S/c1-2-3-10-12(21-17-16-10)13(20)15-9-5-4-8(14-7-9)6-11(18)19/h4-5,7H,2-3,6H2,1H3,(H,15,20)(H,18,19). The van der Waals surface area contributed by atoms with Gasteiger partial charge in [0.1, 0.15) is 4.88 Å². The molecular formula is C13H14N4O3S. The molecule has 2 N–H and O–H groups in total. The van der Waals surface area contributed by atoms with Gasteiger partial charge in [0.2, 0.25) is 0 Å². The Morgan fingerprint density at radius 3 is 2.81 bits per heavy atom. The maximum Gasteiger partial charge on any atom is 0.309 e. The van der Waals surface area contributed by atoms with Gasteiger partial charge in [0, 0.05) is 0 Å². The van der Waals surface area contributed by atoms with Crippen molar-refractivity contribution in [1.82, 2.24) is 14.6 Å². The summed E-state index contributed by atoms with van der Waals surface area (Å²) in [5.41, 5.74) is 1.63. The number of aromatic nitrogens is 3. The summed E-state index contributed by atoms with van der Waals surface area (Å²) in [7, 11) is 0. The molecule has 0 saturated heterocycles. The van der Waals surface area contributed by atoms with Crippen LogP contribution in [0, 0.1) is 0 Å². The van der Waals surface area contributed by atoms with Crippen molar-refractivity contribution in [2.45, 2.75) is 26.2 Å². The first kappa shape index (κ1) is 15.0. The maximum absolute atomic E-state index is 12.1. The van der Waals surface area contributed by atoms with Crippen LogP contribution in [0.3, 0.4) is 0 Å². The molecule has 2 aromatic heterocycles. The van der Waals surface area contributed by atoms with Gasteiger partial charge < -0.3 is 10.4 Å². The van der Waals surface area contributed by atoms with Crippen LogP contribution in [0.2, 0.25) is 0 Å². The predicted molar refractivity (Wildman–Crippen MR) is 77.4 cm³/mol. The number of carboxylic acid groups (broad SMARTS) is 1. The van der Waals surface area contributed by atoms with Crippen molar-refractivity contribution in [3.8, 4) is 0 Å². The van der Waals surface area contributed by atoms with Crippen molar-refractivity contribution >= 4 is 29.1 Å². The molecule has 2 rings (SSSR count). The van der Waals surface area contributed by atoms with E-state index < -0.39 is 5.97 Å². The van der Waals surface area contributed by atoms with E-state index in [-0.39, 0.29) is 12.3 Å². The van der Waals surface area contributed by atoms with Crippen LogP contribution in [0.1, 0.15) is 34.4 Å². The van der Waals surface area contributed by atoms with E-state index in [0.717, 1.165) is 18.0 Å². The van der Waals surface area contributed by atoms with Crippen LogP contribution >= 0.6 is 11.5 Å². The van der Waals surface area contributed by atoms with Gasteiger partial charge in [0.05, 0.1) is 29.7 Å². The Labute approximate surface area is 125 Å². The second-order valence-corrected chi connectivity index (χ2v) is 5.12. The fraction of sp³-hybridized carbons (Fsp3) is 0.308. The highest BCUT2D eigenvalue weighted by Crippen LogP contribution is 2.15. The Morgan fingerprint density at radius 2 is 2.19 bits per heavy atom. The number of amides is 1. The second-order valence-electron chi connectivity index (χ2n) is 4.36. The number of carboxylic acids is 1. The topological polar surface area (TPSA) is 105 Å². The summed E-state index contributed by atoms with van der Waals surface area (Å²) in [5.74, 6) is -1.22. The highest BCUT2D eigenvalue weighted by atomic mass is 32.1. The van der Waals surface area contributed by atoms with Crippen molar-refractivity contribution in [3.63, 3.8) is 0 Å². The lowest BCUT2D eigenvalue weighted by Crippen LogP contribution is -2.13. The minimum Gasteiger partial charge on any atom is -0.481 e. The molecule has 2 aromatic rings. The van der Waals surface area contributed by atoms with E-state index >= 15 is 0 Å². The van der Waals surface area contributed by atoms with Gasteiger partial charge in [-0.1, -0.05) is 17.8 Å². The van der Waals surface area contributed by atoms with E-state index in [2.05, 4.69) is 19.9 Å². The minimum atomic E-state index is -0.945. The number of anilines is 1. The van der Waals surface area contributed by atoms with Gasteiger partial charge in [-0.3, -0.25) is 14.6 Å². The van der Waals surface area contributed by atoms with Gasteiger partial charge in [0.25, 0.3) is 5.91 Å². The fourth-order valence-electron chi connectivity index (χ4n) is 1.73. The van der Waals surface area contributed by atoms with Crippen LogP contribution in [0.15, 0.2) is 18.3 Å². The third-order valence-electron chi connectivity index (χ3n) is 2.66. The Hall–Kier alpha value is -2.35. The van der Waals surface area contributed by atoms with Gasteiger partial charge in [-0.05, 0) is 30.1 Å². The zero-order valence-corrected chi connectivity index (χ0v) is 12.2. The molecule has 0 aliphatic carbocycles. The molecule has 110 valence electrons. The number of aliphatic carboxylic acids is 1. The summed E-state index contributed by atoms with van der Waals surface area (Å²) in [6.07, 6.45) is 2.88. The molecule has 0 saturated carbocycles. The summed E-state index contributed by atoms with van der Waals surface area (Å²) >= 11 is 1.06. The first-order valence-corrected chi connectivity index (χ1v) is 7.16. The van der Waals surface area contributed by atoms with Crippen LogP contribution in [0.25, 0.3) is 0 Å². The molecule has 7 nitrogen and oxygen atoms in total. The monoisotopic (exact) mass is 306 g/mol. The molecule has 0 bridgehead atoms. The zero-order valence-electron chi connectivity index (χ0n) is 11.4. The largest absolute Gasteiger partial charge is 0.481 e. The maximum atomic E-state index is 12.1. The minimum absolute atomic E-state index is 0.145. The zero-order chi connectivity index (χ0) is 15.2. The number of aryl methyl sites for hydroxylation is 1. The Morgan fingerprint density at radius 1 is 1.38 bits per heavy atom. The summed E-state index contributed by atoms with van der Waals surface area (Å²) in [6.45, 7) is 2.01. The number of rotatable bonds is 6. The highest BCUT2D eigenvalue weighted by Gasteiger charge is 2.16. The molecule has 0 aliphatic heterocycles. The summed E-state index contributed by atoms with van der Waals surface area (Å²) < 4.78 is 3.80. The number of nitrogens with one attached hydrogen (secondary N) is 1. The average molecular weight is 306 g/mol. The molecule has 8 heteroatoms. The lowest BCUT2D eigenvalue weighted by atomic mass is 10.2. The second kappa shape index (κ2) is 6.89. The molecule has 21 heavy (non-hydrogen) atoms. The first-order chi connectivity index (χ1) is 10.1. The average Bonchev–Trinajstić information content (AvgIpc) is 2.89. The Balaban J connectivity index is 2.05. The van der Waals surface area contributed by atoms with E-state index in [9.17, 15) is 9.59 Å². The van der Waals surface area contributed by atoms with Crippen molar-refractivity contribution in [1.29, 1.82) is 0 Å². The van der Waals surface area contributed by atoms with Crippen molar-refractivity contribution in [2.24, 2.45) is 0 Å². The Bertz CT molecular complexity index is 639. The van der Waals surface area contributed by atoms with Crippen molar-refractivity contribution in [2.75, 3.05) is 5.32 Å². The highest BCUT2D eigenvalue weighted by molar-refractivity contribution is 7.08. The van der Waals surface area contributed by atoms with Gasteiger partial charge >= 0.3 is 5.97 Å². The van der Waals surface area contributed by atoms with Gasteiger partial charge in [-0.15, -0.1) is 5.10 Å². The number of hydrogen-bond donors (Lipinski definition) is 2. The molecule has 0 atom stereocenters. The van der Waals surface area contributed by atoms with E-state index in [0.29, 0.717) is 28.4 Å². The lowest BCUT2D eigenvalue weighted by Gasteiger charge is -2.04. The molecule has 0 aliphatic rings. The van der Waals surface area contributed by atoms with E-state index in [1.807, 2.05) is 6.92 Å². The van der Waals surface area contributed by atoms with Crippen LogP contribution in [-0.4, -0.2) is 31.6 Å². The fourth-order valence-corrected chi connectivity index (χ4v) is 2.33. The molecule has 0 radical (unpaired) electrons. The third kappa shape index (κ3) is 4.06. The number of hydrogen-bond acceptors (Lipinski definition) is 6. The molecular weight excluding hydrogens is 292 g/mol. The Kier molecular flexibility index (Phi) is 4.94. The van der Waals surface area contributed by atoms with Crippen LogP contribution in [0.5, 0.6) is 0 Å². The van der Waals surface area contributed by atoms with Crippen molar-refractivity contribution in [3.05, 3.63) is 34.6 Å². The molecule has 2 heterocycles. The molecule has 1 amide bonds.